The van der Waals surface area contributed by atoms with E-state index in [9.17, 15) is 0 Å². The largest absolute Gasteiger partial charge is 1.00 e. The number of rotatable bonds is 4. The first-order chi connectivity index (χ1) is 13.3. The second-order valence-corrected chi connectivity index (χ2v) is 8.05. The molecule has 0 fully saturated rings. The highest BCUT2D eigenvalue weighted by molar-refractivity contribution is 8.03. The molecule has 0 amide bonds. The zero-order valence-electron chi connectivity index (χ0n) is 15.0. The Labute approximate surface area is 184 Å². The molecule has 0 N–H and O–H groups in total. The van der Waals surface area contributed by atoms with E-state index < -0.39 is 0 Å². The van der Waals surface area contributed by atoms with Crippen LogP contribution in [0.1, 0.15) is 5.01 Å². The minimum Gasteiger partial charge on any atom is -1.00 e. The zero-order chi connectivity index (χ0) is 18.6. The van der Waals surface area contributed by atoms with Crippen LogP contribution in [0, 0.1) is 24.7 Å². The number of anilines is 1. The van der Waals surface area contributed by atoms with Crippen LogP contribution in [-0.2, 0) is 6.54 Å². The zero-order valence-corrected chi connectivity index (χ0v) is 18.2. The number of thiazole rings is 1. The van der Waals surface area contributed by atoms with E-state index in [4.69, 9.17) is 12.8 Å². The van der Waals surface area contributed by atoms with Crippen LogP contribution < -0.4 is 26.4 Å². The summed E-state index contributed by atoms with van der Waals surface area (Å²) in [6, 6.07) is 16.7. The molecule has 1 aliphatic heterocycles. The molecule has 0 spiro atoms. The summed E-state index contributed by atoms with van der Waals surface area (Å²) in [6.45, 7) is 1.12. The average Bonchev–Trinajstić information content (AvgIpc) is 3.21. The Morgan fingerprint density at radius 2 is 1.82 bits per heavy atom. The predicted octanol–water partition coefficient (Wildman–Crippen LogP) is 1.93. The molecule has 0 radical (unpaired) electrons. The van der Waals surface area contributed by atoms with Gasteiger partial charge in [-0.15, -0.1) is 12.8 Å². The van der Waals surface area contributed by atoms with Crippen molar-refractivity contribution in [2.45, 2.75) is 11.4 Å². The van der Waals surface area contributed by atoms with Gasteiger partial charge in [0.2, 0.25) is 12.1 Å². The number of aromatic nitrogens is 1. The molecule has 138 valence electrons. The highest BCUT2D eigenvalue weighted by Crippen LogP contribution is 2.45. The van der Waals surface area contributed by atoms with Crippen molar-refractivity contribution in [1.29, 1.82) is 0 Å². The van der Waals surface area contributed by atoms with Gasteiger partial charge in [-0.3, -0.25) is 0 Å². The molecule has 0 bridgehead atoms. The lowest BCUT2D eigenvalue weighted by atomic mass is 10.3. The summed E-state index contributed by atoms with van der Waals surface area (Å²) in [5.41, 5.74) is 2.34. The van der Waals surface area contributed by atoms with E-state index in [2.05, 4.69) is 75.9 Å². The minimum atomic E-state index is 0. The van der Waals surface area contributed by atoms with E-state index in [1.807, 2.05) is 12.1 Å². The predicted molar refractivity (Wildman–Crippen MR) is 116 cm³/mol. The molecule has 0 saturated heterocycles. The molecule has 0 saturated carbocycles. The number of terminal acetylenes is 2. The first-order valence-electron chi connectivity index (χ1n) is 8.53. The third kappa shape index (κ3) is 3.88. The molecule has 2 nitrogen and oxygen atoms in total. The fourth-order valence-electron chi connectivity index (χ4n) is 3.08. The van der Waals surface area contributed by atoms with Crippen LogP contribution in [0.25, 0.3) is 16.3 Å². The van der Waals surface area contributed by atoms with Gasteiger partial charge in [0.15, 0.2) is 0 Å². The number of benzene rings is 2. The first-order valence-corrected chi connectivity index (χ1v) is 10.2. The number of allylic oxidation sites excluding steroid dienone is 2. The summed E-state index contributed by atoms with van der Waals surface area (Å²) in [7, 11) is 0. The summed E-state index contributed by atoms with van der Waals surface area (Å²) in [5, 5.41) is 2.27. The van der Waals surface area contributed by atoms with Crippen molar-refractivity contribution in [2.24, 2.45) is 0 Å². The van der Waals surface area contributed by atoms with E-state index in [1.54, 1.807) is 23.1 Å². The Hall–Kier alpha value is -2.44. The van der Waals surface area contributed by atoms with Crippen molar-refractivity contribution in [3.8, 4) is 24.7 Å². The van der Waals surface area contributed by atoms with Crippen LogP contribution in [0.5, 0.6) is 0 Å². The van der Waals surface area contributed by atoms with E-state index in [-0.39, 0.29) is 17.0 Å². The van der Waals surface area contributed by atoms with Crippen molar-refractivity contribution in [1.82, 2.24) is 0 Å². The molecule has 4 rings (SSSR count). The van der Waals surface area contributed by atoms with Crippen molar-refractivity contribution < 1.29 is 21.5 Å². The number of hydrogen-bond acceptors (Lipinski definition) is 3. The van der Waals surface area contributed by atoms with Gasteiger partial charge in [-0.05, 0) is 30.2 Å². The van der Waals surface area contributed by atoms with Crippen LogP contribution in [0.4, 0.5) is 5.69 Å². The van der Waals surface area contributed by atoms with Crippen molar-refractivity contribution in [3.63, 3.8) is 0 Å². The third-order valence-electron chi connectivity index (χ3n) is 4.25. The molecule has 0 aliphatic carbocycles. The van der Waals surface area contributed by atoms with Gasteiger partial charge in [0.05, 0.1) is 17.3 Å². The van der Waals surface area contributed by atoms with E-state index >= 15 is 0 Å². The maximum absolute atomic E-state index is 5.58. The van der Waals surface area contributed by atoms with Gasteiger partial charge in [-0.1, -0.05) is 59.4 Å². The highest BCUT2D eigenvalue weighted by Gasteiger charge is 2.23. The van der Waals surface area contributed by atoms with Crippen molar-refractivity contribution in [2.75, 3.05) is 11.4 Å². The van der Waals surface area contributed by atoms with Gasteiger partial charge in [0.25, 0.3) is 5.01 Å². The smallest absolute Gasteiger partial charge is 0.263 e. The molecule has 2 aromatic carbocycles. The molecule has 0 unspecified atom stereocenters. The lowest BCUT2D eigenvalue weighted by Crippen LogP contribution is -3.00. The molecular formula is C23H17BrN2S2. The summed E-state index contributed by atoms with van der Waals surface area (Å²) < 4.78 is 3.40. The SMILES string of the molecule is C#CCN1C(=CC=Cc2sc3ccccc3[n+]2CC#C)Sc2ccccc21.[Br-]. The Morgan fingerprint density at radius 3 is 2.64 bits per heavy atom. The van der Waals surface area contributed by atoms with Gasteiger partial charge in [0.1, 0.15) is 4.70 Å². The molecular weight excluding hydrogens is 448 g/mol. The lowest BCUT2D eigenvalue weighted by Gasteiger charge is -2.16. The molecule has 0 atom stereocenters. The van der Waals surface area contributed by atoms with E-state index in [1.165, 1.54) is 20.8 Å². The van der Waals surface area contributed by atoms with Gasteiger partial charge >= 0.3 is 0 Å². The second-order valence-electron chi connectivity index (χ2n) is 5.92. The fourth-order valence-corrected chi connectivity index (χ4v) is 5.22. The molecule has 1 aromatic heterocycles. The third-order valence-corrected chi connectivity index (χ3v) is 6.51. The molecule has 2 heterocycles. The normalized spacial score (nSPS) is 14.1. The summed E-state index contributed by atoms with van der Waals surface area (Å²) in [6.07, 6.45) is 17.5. The standard InChI is InChI=1S/C23H17N2S2.BrH/c1-3-16-24-18-10-5-7-12-20(18)26-22(24)14-9-15-23-25(17-4-2)19-11-6-8-13-21(19)27-23;/h1-2,5-15H,16-17H2;1H/q+1;/p-1. The van der Waals surface area contributed by atoms with Gasteiger partial charge < -0.3 is 21.9 Å². The van der Waals surface area contributed by atoms with E-state index in [0.29, 0.717) is 13.1 Å². The topological polar surface area (TPSA) is 7.12 Å². The van der Waals surface area contributed by atoms with Crippen LogP contribution in [-0.4, -0.2) is 6.54 Å². The van der Waals surface area contributed by atoms with E-state index in [0.717, 1.165) is 10.0 Å². The van der Waals surface area contributed by atoms with Crippen molar-refractivity contribution >= 4 is 45.1 Å². The molecule has 3 aromatic rings. The van der Waals surface area contributed by atoms with Crippen LogP contribution in [0.15, 0.2) is 70.6 Å². The Kier molecular flexibility index (Phi) is 6.65. The Balaban J connectivity index is 0.00000225. The quantitative estimate of drug-likeness (QED) is 0.430. The van der Waals surface area contributed by atoms with Gasteiger partial charge in [-0.2, -0.15) is 4.57 Å². The lowest BCUT2D eigenvalue weighted by molar-refractivity contribution is -0.656. The average molecular weight is 465 g/mol. The second kappa shape index (κ2) is 9.17. The number of thioether (sulfide) groups is 1. The molecule has 28 heavy (non-hydrogen) atoms. The van der Waals surface area contributed by atoms with Gasteiger partial charge in [0, 0.05) is 17.0 Å². The Morgan fingerprint density at radius 1 is 1.04 bits per heavy atom. The fraction of sp³-hybridized carbons (Fsp3) is 0.0870. The minimum absolute atomic E-state index is 0. The first kappa shape index (κ1) is 20.3. The number of para-hydroxylation sites is 2. The maximum atomic E-state index is 5.58. The van der Waals surface area contributed by atoms with Crippen LogP contribution >= 0.6 is 23.1 Å². The number of fused-ring (bicyclic) bond motifs is 2. The summed E-state index contributed by atoms with van der Waals surface area (Å²) >= 11 is 3.49. The van der Waals surface area contributed by atoms with Crippen molar-refractivity contribution in [3.05, 3.63) is 70.7 Å². The highest BCUT2D eigenvalue weighted by atomic mass is 79.9. The van der Waals surface area contributed by atoms with Crippen LogP contribution in [0.3, 0.4) is 0 Å². The van der Waals surface area contributed by atoms with Crippen LogP contribution in [0.2, 0.25) is 0 Å². The summed E-state index contributed by atoms with van der Waals surface area (Å²) in [5.74, 6) is 5.51. The molecule has 1 aliphatic rings. The number of halogens is 1. The summed E-state index contributed by atoms with van der Waals surface area (Å²) in [4.78, 5) is 3.40. The molecule has 5 heteroatoms. The Bertz CT molecular complexity index is 1150. The monoisotopic (exact) mass is 464 g/mol. The number of nitrogens with zero attached hydrogens (tertiary/aromatic N) is 2. The van der Waals surface area contributed by atoms with Gasteiger partial charge in [-0.25, -0.2) is 0 Å². The maximum Gasteiger partial charge on any atom is 0.263 e. The number of hydrogen-bond donors (Lipinski definition) is 0.